The number of carbonyl (C=O) groups is 1. The van der Waals surface area contributed by atoms with Crippen molar-refractivity contribution in [3.05, 3.63) is 60.8 Å². The van der Waals surface area contributed by atoms with Gasteiger partial charge in [0.25, 0.3) is 0 Å². The molecule has 0 aromatic heterocycles. The summed E-state index contributed by atoms with van der Waals surface area (Å²) in [5.41, 5.74) is 0. The molecule has 3 atom stereocenters. The number of aliphatic hydroxyl groups excluding tert-OH is 2. The molecule has 10 heteroatoms. The van der Waals surface area contributed by atoms with Gasteiger partial charge in [-0.25, -0.2) is 4.57 Å². The summed E-state index contributed by atoms with van der Waals surface area (Å²) in [5.74, 6) is -0.467. The van der Waals surface area contributed by atoms with E-state index in [1.54, 1.807) is 0 Å². The van der Waals surface area contributed by atoms with Crippen LogP contribution in [0.4, 0.5) is 0 Å². The van der Waals surface area contributed by atoms with Crippen molar-refractivity contribution in [2.75, 3.05) is 33.0 Å². The molecular weight excluding hydrogens is 631 g/mol. The highest BCUT2D eigenvalue weighted by atomic mass is 31.2. The highest BCUT2D eigenvalue weighted by molar-refractivity contribution is 7.47. The van der Waals surface area contributed by atoms with E-state index < -0.39 is 45.8 Å². The first-order valence-electron chi connectivity index (χ1n) is 18.3. The molecule has 0 radical (unpaired) electrons. The average Bonchev–Trinajstić information content (AvgIpc) is 3.07. The fourth-order valence-corrected chi connectivity index (χ4v) is 5.21. The highest BCUT2D eigenvalue weighted by Crippen LogP contribution is 2.43. The normalized spacial score (nSPS) is 15.0. The maximum absolute atomic E-state index is 12.5. The van der Waals surface area contributed by atoms with E-state index >= 15 is 0 Å². The number of aliphatic hydroxyl groups is 2. The predicted octanol–water partition coefficient (Wildman–Crippen LogP) is 9.24. The molecular formula is C38H67O9P. The van der Waals surface area contributed by atoms with Crippen molar-refractivity contribution in [3.63, 3.8) is 0 Å². The summed E-state index contributed by atoms with van der Waals surface area (Å²) >= 11 is 0. The van der Waals surface area contributed by atoms with Crippen LogP contribution in [0, 0.1) is 0 Å². The van der Waals surface area contributed by atoms with E-state index in [-0.39, 0.29) is 13.0 Å². The molecule has 0 aliphatic carbocycles. The van der Waals surface area contributed by atoms with Crippen molar-refractivity contribution in [3.8, 4) is 0 Å². The van der Waals surface area contributed by atoms with Crippen molar-refractivity contribution in [2.45, 2.75) is 142 Å². The highest BCUT2D eigenvalue weighted by Gasteiger charge is 2.26. The molecule has 278 valence electrons. The summed E-state index contributed by atoms with van der Waals surface area (Å²) in [5, 5.41) is 18.3. The molecule has 0 heterocycles. The Morgan fingerprint density at radius 3 is 1.79 bits per heavy atom. The number of allylic oxidation sites excluding steroid dienone is 10. The molecule has 3 unspecified atom stereocenters. The third-order valence-corrected chi connectivity index (χ3v) is 8.15. The largest absolute Gasteiger partial charge is 0.472 e. The van der Waals surface area contributed by atoms with E-state index in [1.165, 1.54) is 51.4 Å². The summed E-state index contributed by atoms with van der Waals surface area (Å²) in [6.07, 6.45) is 37.7. The van der Waals surface area contributed by atoms with E-state index in [1.807, 2.05) is 12.2 Å². The van der Waals surface area contributed by atoms with Crippen LogP contribution in [0.1, 0.15) is 129 Å². The fraction of sp³-hybridized carbons (Fsp3) is 0.711. The van der Waals surface area contributed by atoms with Crippen molar-refractivity contribution >= 4 is 13.8 Å². The van der Waals surface area contributed by atoms with Gasteiger partial charge in [-0.05, 0) is 64.2 Å². The Kier molecular flexibility index (Phi) is 33.7. The Morgan fingerprint density at radius 1 is 0.667 bits per heavy atom. The minimum absolute atomic E-state index is 0.0136. The van der Waals surface area contributed by atoms with Gasteiger partial charge in [-0.15, -0.1) is 0 Å². The topological polar surface area (TPSA) is 132 Å². The lowest BCUT2D eigenvalue weighted by Crippen LogP contribution is -2.29. The number of phosphoric ester groups is 1. The average molecular weight is 699 g/mol. The van der Waals surface area contributed by atoms with E-state index in [0.29, 0.717) is 13.0 Å². The number of unbranched alkanes of at least 4 members (excludes halogenated alkanes) is 10. The molecule has 3 N–H and O–H groups in total. The van der Waals surface area contributed by atoms with Crippen LogP contribution in [0.15, 0.2) is 60.8 Å². The van der Waals surface area contributed by atoms with Crippen LogP contribution in [-0.4, -0.2) is 66.3 Å². The smallest absolute Gasteiger partial charge is 0.457 e. The summed E-state index contributed by atoms with van der Waals surface area (Å²) in [7, 11) is -4.53. The van der Waals surface area contributed by atoms with Crippen LogP contribution in [0.25, 0.3) is 0 Å². The molecule has 0 bridgehead atoms. The maximum Gasteiger partial charge on any atom is 0.472 e. The molecule has 9 nitrogen and oxygen atoms in total. The van der Waals surface area contributed by atoms with Gasteiger partial charge in [0.2, 0.25) is 0 Å². The third kappa shape index (κ3) is 34.0. The monoisotopic (exact) mass is 698 g/mol. The third-order valence-electron chi connectivity index (χ3n) is 7.20. The van der Waals surface area contributed by atoms with Gasteiger partial charge in [0.15, 0.2) is 0 Å². The lowest BCUT2D eigenvalue weighted by Gasteiger charge is -2.20. The zero-order valence-electron chi connectivity index (χ0n) is 29.9. The number of hydrogen-bond acceptors (Lipinski definition) is 8. The molecule has 0 spiro atoms. The Balaban J connectivity index is 4.39. The minimum Gasteiger partial charge on any atom is -0.457 e. The number of esters is 1. The molecule has 0 aromatic rings. The molecule has 0 saturated carbocycles. The summed E-state index contributed by atoms with van der Waals surface area (Å²) in [6.45, 7) is 3.24. The maximum atomic E-state index is 12.5. The molecule has 48 heavy (non-hydrogen) atoms. The van der Waals surface area contributed by atoms with Crippen LogP contribution in [0.3, 0.4) is 0 Å². The van der Waals surface area contributed by atoms with Crippen molar-refractivity contribution in [1.82, 2.24) is 0 Å². The summed E-state index contributed by atoms with van der Waals surface area (Å²) in [6, 6.07) is 0. The van der Waals surface area contributed by atoms with E-state index in [0.717, 1.165) is 51.4 Å². The molecule has 0 aromatic carbocycles. The second-order valence-electron chi connectivity index (χ2n) is 11.9. The van der Waals surface area contributed by atoms with Crippen LogP contribution >= 0.6 is 7.82 Å². The number of carbonyl (C=O) groups excluding carboxylic acids is 1. The number of rotatable bonds is 34. The summed E-state index contributed by atoms with van der Waals surface area (Å²) in [4.78, 5) is 22.4. The van der Waals surface area contributed by atoms with E-state index in [9.17, 15) is 19.4 Å². The van der Waals surface area contributed by atoms with Gasteiger partial charge in [-0.3, -0.25) is 13.8 Å². The van der Waals surface area contributed by atoms with Crippen molar-refractivity contribution in [1.29, 1.82) is 0 Å². The van der Waals surface area contributed by atoms with Gasteiger partial charge in [0, 0.05) is 13.0 Å². The van der Waals surface area contributed by atoms with Crippen LogP contribution in [0.5, 0.6) is 0 Å². The van der Waals surface area contributed by atoms with E-state index in [4.69, 9.17) is 23.6 Å². The molecule has 0 rings (SSSR count). The van der Waals surface area contributed by atoms with Crippen LogP contribution in [0.2, 0.25) is 0 Å². The number of phosphoric acid groups is 1. The predicted molar refractivity (Wildman–Crippen MR) is 196 cm³/mol. The Hall–Kier alpha value is -1.84. The van der Waals surface area contributed by atoms with Crippen LogP contribution in [-0.2, 0) is 27.9 Å². The molecule has 0 aliphatic heterocycles. The van der Waals surface area contributed by atoms with Gasteiger partial charge in [-0.1, -0.05) is 120 Å². The second-order valence-corrected chi connectivity index (χ2v) is 13.3. The first-order chi connectivity index (χ1) is 23.3. The zero-order valence-corrected chi connectivity index (χ0v) is 30.8. The SMILES string of the molecule is CC/C=C\C/C=C\C/C=C\C/C=C\CCC(=O)OC(COCCCCCCCC/C=C\CCCCCC)COP(=O)(O)OCC(O)CO. The van der Waals surface area contributed by atoms with Gasteiger partial charge < -0.3 is 24.6 Å². The Morgan fingerprint density at radius 2 is 1.19 bits per heavy atom. The standard InChI is InChI=1S/C38H67O9P/c1-3-5-7-9-11-13-15-17-19-21-23-25-27-29-31-44-34-37(35-46-48(42,43)45-33-36(40)32-39)47-38(41)30-28-26-24-22-20-18-16-14-12-10-8-6-4-2/h6,8,12-15,18,20,24,26,36-37,39-40H,3-5,7,9-11,16-17,19,21-23,25,27-35H2,1-2H3,(H,42,43)/b8-6-,14-12-,15-13-,20-18-,26-24-. The Labute approximate surface area is 291 Å². The van der Waals surface area contributed by atoms with E-state index in [2.05, 4.69) is 62.5 Å². The first kappa shape index (κ1) is 46.2. The fourth-order valence-electron chi connectivity index (χ4n) is 4.42. The number of ether oxygens (including phenoxy) is 2. The van der Waals surface area contributed by atoms with Crippen molar-refractivity contribution < 1.29 is 43.0 Å². The van der Waals surface area contributed by atoms with Gasteiger partial charge in [0.05, 0.1) is 26.4 Å². The molecule has 0 saturated heterocycles. The quantitative estimate of drug-likeness (QED) is 0.0260. The Bertz CT molecular complexity index is 929. The van der Waals surface area contributed by atoms with Crippen molar-refractivity contribution in [2.24, 2.45) is 0 Å². The summed E-state index contributed by atoms with van der Waals surface area (Å²) < 4.78 is 33.1. The lowest BCUT2D eigenvalue weighted by molar-refractivity contribution is -0.154. The molecule has 0 fully saturated rings. The number of hydrogen-bond donors (Lipinski definition) is 3. The minimum atomic E-state index is -4.53. The van der Waals surface area contributed by atoms with Crippen LogP contribution < -0.4 is 0 Å². The van der Waals surface area contributed by atoms with Gasteiger partial charge in [-0.2, -0.15) is 0 Å². The van der Waals surface area contributed by atoms with Gasteiger partial charge >= 0.3 is 13.8 Å². The first-order valence-corrected chi connectivity index (χ1v) is 19.8. The lowest BCUT2D eigenvalue weighted by atomic mass is 10.1. The second kappa shape index (κ2) is 35.0. The zero-order chi connectivity index (χ0) is 35.4. The molecule has 0 amide bonds. The van der Waals surface area contributed by atoms with Gasteiger partial charge in [0.1, 0.15) is 12.2 Å². The molecule has 0 aliphatic rings.